The zero-order chi connectivity index (χ0) is 19.3. The summed E-state index contributed by atoms with van der Waals surface area (Å²) in [6.45, 7) is 0.198. The average molecular weight is 452 g/mol. The third kappa shape index (κ3) is 3.04. The predicted molar refractivity (Wildman–Crippen MR) is 102 cm³/mol. The Labute approximate surface area is 163 Å². The summed E-state index contributed by atoms with van der Waals surface area (Å²) in [4.78, 5) is 14.4. The van der Waals surface area contributed by atoms with Crippen molar-refractivity contribution in [1.82, 2.24) is 14.7 Å². The van der Waals surface area contributed by atoms with Crippen molar-refractivity contribution in [3.8, 4) is 0 Å². The summed E-state index contributed by atoms with van der Waals surface area (Å²) in [6.07, 6.45) is 0. The first kappa shape index (κ1) is 18.1. The molecule has 4 rings (SSSR count). The Balaban J connectivity index is 1.55. The monoisotopic (exact) mass is 451 g/mol. The predicted octanol–water partition coefficient (Wildman–Crippen LogP) is 2.77. The highest BCUT2D eigenvalue weighted by Crippen LogP contribution is 2.28. The van der Waals surface area contributed by atoms with Gasteiger partial charge in [-0.05, 0) is 42.5 Å². The van der Waals surface area contributed by atoms with Crippen LogP contribution < -0.4 is 0 Å². The van der Waals surface area contributed by atoms with Gasteiger partial charge in [-0.1, -0.05) is 15.9 Å². The van der Waals surface area contributed by atoms with Gasteiger partial charge in [0.2, 0.25) is 0 Å². The summed E-state index contributed by atoms with van der Waals surface area (Å²) in [5, 5.41) is 4.37. The summed E-state index contributed by atoms with van der Waals surface area (Å²) in [5.74, 6) is -0.748. The number of carbonyl (C=O) groups is 1. The molecule has 1 fully saturated rings. The lowest BCUT2D eigenvalue weighted by Gasteiger charge is -2.38. The second-order valence-electron chi connectivity index (χ2n) is 6.46. The Hall–Kier alpha value is -2.26. The smallest absolute Gasteiger partial charge is 0.272 e. The molecule has 2 aromatic carbocycles. The van der Waals surface area contributed by atoms with Crippen LogP contribution in [0.25, 0.3) is 10.9 Å². The molecule has 140 valence electrons. The van der Waals surface area contributed by atoms with E-state index in [-0.39, 0.29) is 23.9 Å². The fraction of sp³-hybridized carbons (Fsp3) is 0.222. The molecular weight excluding hydrogens is 437 g/mol. The maximum absolute atomic E-state index is 13.0. The van der Waals surface area contributed by atoms with Crippen molar-refractivity contribution in [2.45, 2.75) is 10.1 Å². The molecule has 0 bridgehead atoms. The minimum Gasteiger partial charge on any atom is -0.335 e. The third-order valence-corrected chi connectivity index (χ3v) is 7.31. The lowest BCUT2D eigenvalue weighted by molar-refractivity contribution is 0.0649. The lowest BCUT2D eigenvalue weighted by Crippen LogP contribution is -2.57. The van der Waals surface area contributed by atoms with Gasteiger partial charge in [-0.15, -0.1) is 0 Å². The molecule has 2 heterocycles. The number of benzene rings is 2. The maximum atomic E-state index is 13.0. The maximum Gasteiger partial charge on any atom is 0.272 e. The number of aryl methyl sites for hydroxylation is 1. The van der Waals surface area contributed by atoms with E-state index in [1.807, 2.05) is 18.2 Å². The normalized spacial score (nSPS) is 15.1. The number of fused-ring (bicyclic) bond motifs is 1. The van der Waals surface area contributed by atoms with Gasteiger partial charge in [0.1, 0.15) is 16.8 Å². The van der Waals surface area contributed by atoms with Crippen molar-refractivity contribution < 1.29 is 17.6 Å². The molecule has 1 aliphatic heterocycles. The van der Waals surface area contributed by atoms with Crippen LogP contribution in [-0.4, -0.2) is 47.3 Å². The molecule has 0 radical (unpaired) electrons. The molecule has 0 N–H and O–H groups in total. The van der Waals surface area contributed by atoms with Crippen LogP contribution in [0.4, 0.5) is 4.39 Å². The largest absolute Gasteiger partial charge is 0.335 e. The van der Waals surface area contributed by atoms with Gasteiger partial charge in [0.25, 0.3) is 5.91 Å². The van der Waals surface area contributed by atoms with Gasteiger partial charge in [0.05, 0.1) is 10.4 Å². The summed E-state index contributed by atoms with van der Waals surface area (Å²) in [6, 6.07) is 10.2. The Morgan fingerprint density at radius 1 is 1.19 bits per heavy atom. The Morgan fingerprint density at radius 3 is 2.52 bits per heavy atom. The summed E-state index contributed by atoms with van der Waals surface area (Å²) >= 11 is 3.38. The van der Waals surface area contributed by atoms with Crippen molar-refractivity contribution in [3.63, 3.8) is 0 Å². The number of halogens is 2. The van der Waals surface area contributed by atoms with Gasteiger partial charge in [0, 0.05) is 30.0 Å². The number of hydrogen-bond acceptors (Lipinski definition) is 4. The highest BCUT2D eigenvalue weighted by molar-refractivity contribution is 9.10. The van der Waals surface area contributed by atoms with Gasteiger partial charge in [-0.25, -0.2) is 12.8 Å². The topological polar surface area (TPSA) is 72.3 Å². The molecule has 9 heteroatoms. The summed E-state index contributed by atoms with van der Waals surface area (Å²) in [5.41, 5.74) is 1.11. The fourth-order valence-corrected chi connectivity index (χ4v) is 5.20. The van der Waals surface area contributed by atoms with Crippen LogP contribution in [0.5, 0.6) is 0 Å². The standard InChI is InChI=1S/C18H15BrFN3O3S/c1-22-17(15-7-2-11(19)8-16(15)21-22)18(24)23-9-14(10-23)27(25,26)13-5-3-12(20)4-6-13/h2-8,14H,9-10H2,1H3. The first-order valence-electron chi connectivity index (χ1n) is 8.18. The Bertz CT molecular complexity index is 1150. The molecule has 1 aromatic heterocycles. The summed E-state index contributed by atoms with van der Waals surface area (Å²) < 4.78 is 40.6. The first-order valence-corrected chi connectivity index (χ1v) is 10.5. The second-order valence-corrected chi connectivity index (χ2v) is 9.61. The Kier molecular flexibility index (Phi) is 4.31. The lowest BCUT2D eigenvalue weighted by atomic mass is 10.1. The van der Waals surface area contributed by atoms with E-state index in [0.717, 1.165) is 22.0 Å². The number of carbonyl (C=O) groups excluding carboxylic acids is 1. The van der Waals surface area contributed by atoms with Crippen LogP contribution in [0.2, 0.25) is 0 Å². The zero-order valence-electron chi connectivity index (χ0n) is 14.3. The van der Waals surface area contributed by atoms with Crippen LogP contribution >= 0.6 is 15.9 Å². The van der Waals surface area contributed by atoms with Crippen LogP contribution in [0.1, 0.15) is 10.5 Å². The molecule has 3 aromatic rings. The van der Waals surface area contributed by atoms with E-state index >= 15 is 0 Å². The van der Waals surface area contributed by atoms with E-state index in [9.17, 15) is 17.6 Å². The number of hydrogen-bond donors (Lipinski definition) is 0. The highest BCUT2D eigenvalue weighted by Gasteiger charge is 2.41. The molecule has 0 spiro atoms. The van der Waals surface area contributed by atoms with Gasteiger partial charge in [0.15, 0.2) is 9.84 Å². The van der Waals surface area contributed by atoms with Crippen molar-refractivity contribution in [3.05, 3.63) is 58.4 Å². The minimum atomic E-state index is -3.60. The van der Waals surface area contributed by atoms with Gasteiger partial charge in [-0.3, -0.25) is 9.48 Å². The fourth-order valence-electron chi connectivity index (χ4n) is 3.19. The highest BCUT2D eigenvalue weighted by atomic mass is 79.9. The van der Waals surface area contributed by atoms with E-state index in [1.165, 1.54) is 21.7 Å². The number of aromatic nitrogens is 2. The van der Waals surface area contributed by atoms with E-state index in [4.69, 9.17) is 0 Å². The van der Waals surface area contributed by atoms with Gasteiger partial charge >= 0.3 is 0 Å². The molecule has 6 nitrogen and oxygen atoms in total. The third-order valence-electron chi connectivity index (χ3n) is 4.72. The Morgan fingerprint density at radius 2 is 1.85 bits per heavy atom. The second kappa shape index (κ2) is 6.42. The quantitative estimate of drug-likeness (QED) is 0.573. The number of likely N-dealkylation sites (tertiary alicyclic amines) is 1. The van der Waals surface area contributed by atoms with Crippen molar-refractivity contribution in [2.24, 2.45) is 7.05 Å². The average Bonchev–Trinajstić information content (AvgIpc) is 2.88. The SMILES string of the molecule is Cn1nc2cc(Br)ccc2c1C(=O)N1CC(S(=O)(=O)c2ccc(F)cc2)C1. The van der Waals surface area contributed by atoms with E-state index < -0.39 is 20.9 Å². The molecular formula is C18H15BrFN3O3S. The minimum absolute atomic E-state index is 0.0665. The van der Waals surface area contributed by atoms with Crippen molar-refractivity contribution in [2.75, 3.05) is 13.1 Å². The molecule has 0 aliphatic carbocycles. The number of rotatable bonds is 3. The van der Waals surface area contributed by atoms with E-state index in [0.29, 0.717) is 11.2 Å². The van der Waals surface area contributed by atoms with Crippen LogP contribution in [0, 0.1) is 5.82 Å². The molecule has 27 heavy (non-hydrogen) atoms. The summed E-state index contributed by atoms with van der Waals surface area (Å²) in [7, 11) is -1.91. The first-order chi connectivity index (χ1) is 12.8. The number of amides is 1. The number of nitrogens with zero attached hydrogens (tertiary/aromatic N) is 3. The molecule has 1 saturated heterocycles. The molecule has 1 aliphatic rings. The van der Waals surface area contributed by atoms with Gasteiger partial charge < -0.3 is 4.90 Å². The molecule has 1 amide bonds. The molecule has 0 saturated carbocycles. The van der Waals surface area contributed by atoms with Crippen LogP contribution in [0.3, 0.4) is 0 Å². The van der Waals surface area contributed by atoms with E-state index in [2.05, 4.69) is 21.0 Å². The van der Waals surface area contributed by atoms with Crippen LogP contribution in [0.15, 0.2) is 51.8 Å². The van der Waals surface area contributed by atoms with Crippen LogP contribution in [-0.2, 0) is 16.9 Å². The van der Waals surface area contributed by atoms with Gasteiger partial charge in [-0.2, -0.15) is 5.10 Å². The zero-order valence-corrected chi connectivity index (χ0v) is 16.7. The molecule has 0 unspecified atom stereocenters. The molecule has 0 atom stereocenters. The number of sulfone groups is 1. The van der Waals surface area contributed by atoms with E-state index in [1.54, 1.807) is 7.05 Å². The van der Waals surface area contributed by atoms with Crippen molar-refractivity contribution in [1.29, 1.82) is 0 Å². The van der Waals surface area contributed by atoms with Crippen molar-refractivity contribution >= 4 is 42.6 Å².